The van der Waals surface area contributed by atoms with Gasteiger partial charge in [0, 0.05) is 12.1 Å². The normalized spacial score (nSPS) is 22.7. The van der Waals surface area contributed by atoms with Gasteiger partial charge in [-0.2, -0.15) is 0 Å². The van der Waals surface area contributed by atoms with Crippen molar-refractivity contribution in [3.05, 3.63) is 29.8 Å². The van der Waals surface area contributed by atoms with Crippen LogP contribution in [0.15, 0.2) is 29.2 Å². The Morgan fingerprint density at radius 1 is 1.30 bits per heavy atom. The van der Waals surface area contributed by atoms with E-state index in [0.29, 0.717) is 18.0 Å². The molecule has 1 aliphatic rings. The third kappa shape index (κ3) is 3.80. The molecule has 1 saturated carbocycles. The van der Waals surface area contributed by atoms with Crippen molar-refractivity contribution < 1.29 is 13.2 Å². The van der Waals surface area contributed by atoms with Crippen LogP contribution in [0.4, 0.5) is 0 Å². The first-order valence-electron chi connectivity index (χ1n) is 6.77. The molecule has 0 aromatic heterocycles. The lowest BCUT2D eigenvalue weighted by Gasteiger charge is -2.11. The van der Waals surface area contributed by atoms with Gasteiger partial charge in [-0.05, 0) is 48.9 Å². The van der Waals surface area contributed by atoms with E-state index in [1.165, 1.54) is 30.7 Å². The molecule has 0 spiro atoms. The van der Waals surface area contributed by atoms with Crippen LogP contribution in [0.1, 0.15) is 36.5 Å². The molecule has 0 aliphatic heterocycles. The molecule has 1 fully saturated rings. The molecule has 1 aliphatic carbocycles. The van der Waals surface area contributed by atoms with Crippen molar-refractivity contribution in [3.8, 4) is 0 Å². The van der Waals surface area contributed by atoms with Crippen molar-refractivity contribution in [3.63, 3.8) is 0 Å². The first kappa shape index (κ1) is 15.0. The Balaban J connectivity index is 1.92. The maximum atomic E-state index is 12.0. The summed E-state index contributed by atoms with van der Waals surface area (Å²) in [6, 6.07) is 5.66. The number of sulfonamides is 1. The maximum absolute atomic E-state index is 12.0. The van der Waals surface area contributed by atoms with Crippen LogP contribution < -0.4 is 10.5 Å². The quantitative estimate of drug-likeness (QED) is 0.882. The van der Waals surface area contributed by atoms with Gasteiger partial charge in [0.15, 0.2) is 0 Å². The van der Waals surface area contributed by atoms with Crippen LogP contribution in [0.5, 0.6) is 0 Å². The minimum Gasteiger partial charge on any atom is -0.352 e. The smallest absolute Gasteiger partial charge is 0.251 e. The molecule has 6 heteroatoms. The summed E-state index contributed by atoms with van der Waals surface area (Å²) in [6.45, 7) is 2.91. The van der Waals surface area contributed by atoms with Crippen molar-refractivity contribution in [2.45, 2.75) is 31.1 Å². The van der Waals surface area contributed by atoms with Gasteiger partial charge in [0.05, 0.1) is 4.90 Å². The second-order valence-corrected chi connectivity index (χ2v) is 7.13. The van der Waals surface area contributed by atoms with Crippen LogP contribution in [0.2, 0.25) is 0 Å². The number of hydrogen-bond donors (Lipinski definition) is 2. The number of carbonyl (C=O) groups is 1. The molecule has 1 aromatic rings. The zero-order chi connectivity index (χ0) is 14.8. The Labute approximate surface area is 119 Å². The summed E-state index contributed by atoms with van der Waals surface area (Å²) >= 11 is 0. The molecule has 1 aromatic carbocycles. The van der Waals surface area contributed by atoms with Gasteiger partial charge in [0.1, 0.15) is 0 Å². The van der Waals surface area contributed by atoms with Crippen molar-refractivity contribution in [2.75, 3.05) is 6.54 Å². The van der Waals surface area contributed by atoms with E-state index in [2.05, 4.69) is 12.2 Å². The number of nitrogens with two attached hydrogens (primary N) is 1. The number of carbonyl (C=O) groups excluding carboxylic acids is 1. The lowest BCUT2D eigenvalue weighted by Crippen LogP contribution is -2.28. The predicted octanol–water partition coefficient (Wildman–Crippen LogP) is 1.50. The van der Waals surface area contributed by atoms with E-state index in [-0.39, 0.29) is 10.8 Å². The number of benzene rings is 1. The summed E-state index contributed by atoms with van der Waals surface area (Å²) < 4.78 is 22.2. The molecular formula is C14H20N2O3S. The topological polar surface area (TPSA) is 89.3 Å². The van der Waals surface area contributed by atoms with Crippen molar-refractivity contribution in [1.82, 2.24) is 5.32 Å². The average molecular weight is 296 g/mol. The maximum Gasteiger partial charge on any atom is 0.251 e. The number of nitrogens with one attached hydrogen (secondary N) is 1. The van der Waals surface area contributed by atoms with Gasteiger partial charge < -0.3 is 5.32 Å². The number of hydrogen-bond acceptors (Lipinski definition) is 3. The highest BCUT2D eigenvalue weighted by molar-refractivity contribution is 7.89. The van der Waals surface area contributed by atoms with Gasteiger partial charge >= 0.3 is 0 Å². The molecule has 0 heterocycles. The van der Waals surface area contributed by atoms with Gasteiger partial charge in [-0.15, -0.1) is 0 Å². The van der Waals surface area contributed by atoms with Gasteiger partial charge in [0.2, 0.25) is 10.0 Å². The van der Waals surface area contributed by atoms with E-state index in [4.69, 9.17) is 5.14 Å². The molecule has 2 rings (SSSR count). The fraction of sp³-hybridized carbons (Fsp3) is 0.500. The lowest BCUT2D eigenvalue weighted by atomic mass is 10.1. The molecular weight excluding hydrogens is 276 g/mol. The molecule has 3 N–H and O–H groups in total. The molecule has 5 nitrogen and oxygen atoms in total. The molecule has 0 bridgehead atoms. The number of amides is 1. The second kappa shape index (κ2) is 5.93. The third-order valence-corrected chi connectivity index (χ3v) is 4.73. The van der Waals surface area contributed by atoms with E-state index in [1.807, 2.05) is 0 Å². The SMILES string of the molecule is CC1CCC(CNC(=O)c2ccc(S(N)(=O)=O)cc2)C1. The van der Waals surface area contributed by atoms with E-state index in [9.17, 15) is 13.2 Å². The van der Waals surface area contributed by atoms with Gasteiger partial charge in [-0.3, -0.25) is 4.79 Å². The van der Waals surface area contributed by atoms with Crippen LogP contribution in [-0.4, -0.2) is 20.9 Å². The Morgan fingerprint density at radius 3 is 2.45 bits per heavy atom. The summed E-state index contributed by atoms with van der Waals surface area (Å²) in [4.78, 5) is 12.0. The number of primary sulfonamides is 1. The predicted molar refractivity (Wildman–Crippen MR) is 76.7 cm³/mol. The fourth-order valence-corrected chi connectivity index (χ4v) is 3.16. The summed E-state index contributed by atoms with van der Waals surface area (Å²) in [5.41, 5.74) is 0.448. The van der Waals surface area contributed by atoms with Gasteiger partial charge in [0.25, 0.3) is 5.91 Å². The minimum atomic E-state index is -3.71. The van der Waals surface area contributed by atoms with Crippen LogP contribution in [0, 0.1) is 11.8 Å². The van der Waals surface area contributed by atoms with Gasteiger partial charge in [-0.1, -0.05) is 13.3 Å². The number of rotatable bonds is 4. The van der Waals surface area contributed by atoms with E-state index >= 15 is 0 Å². The molecule has 0 saturated heterocycles. The monoisotopic (exact) mass is 296 g/mol. The average Bonchev–Trinajstić information content (AvgIpc) is 2.81. The Kier molecular flexibility index (Phi) is 4.45. The largest absolute Gasteiger partial charge is 0.352 e. The molecule has 2 atom stereocenters. The zero-order valence-corrected chi connectivity index (χ0v) is 12.3. The lowest BCUT2D eigenvalue weighted by molar-refractivity contribution is 0.0947. The van der Waals surface area contributed by atoms with Crippen molar-refractivity contribution in [2.24, 2.45) is 17.0 Å². The first-order chi connectivity index (χ1) is 9.36. The second-order valence-electron chi connectivity index (χ2n) is 5.56. The zero-order valence-electron chi connectivity index (χ0n) is 11.5. The van der Waals surface area contributed by atoms with E-state index in [0.717, 1.165) is 18.8 Å². The summed E-state index contributed by atoms with van der Waals surface area (Å²) in [7, 11) is -3.71. The fourth-order valence-electron chi connectivity index (χ4n) is 2.65. The van der Waals surface area contributed by atoms with Crippen LogP contribution in [0.3, 0.4) is 0 Å². The highest BCUT2D eigenvalue weighted by Crippen LogP contribution is 2.29. The van der Waals surface area contributed by atoms with Crippen LogP contribution >= 0.6 is 0 Å². The molecule has 0 radical (unpaired) electrons. The molecule has 2 unspecified atom stereocenters. The van der Waals surface area contributed by atoms with E-state index in [1.54, 1.807) is 0 Å². The van der Waals surface area contributed by atoms with Crippen LogP contribution in [0.25, 0.3) is 0 Å². The Bertz CT molecular complexity index is 581. The van der Waals surface area contributed by atoms with Crippen molar-refractivity contribution >= 4 is 15.9 Å². The summed E-state index contributed by atoms with van der Waals surface area (Å²) in [5, 5.41) is 7.91. The summed E-state index contributed by atoms with van der Waals surface area (Å²) in [6.07, 6.45) is 3.54. The van der Waals surface area contributed by atoms with Crippen LogP contribution in [-0.2, 0) is 10.0 Å². The van der Waals surface area contributed by atoms with Crippen molar-refractivity contribution in [1.29, 1.82) is 0 Å². The molecule has 110 valence electrons. The minimum absolute atomic E-state index is 0.0127. The standard InChI is InChI=1S/C14H20N2O3S/c1-10-2-3-11(8-10)9-16-14(17)12-4-6-13(7-5-12)20(15,18)19/h4-7,10-11H,2-3,8-9H2,1H3,(H,16,17)(H2,15,18,19). The van der Waals surface area contributed by atoms with Gasteiger partial charge in [-0.25, -0.2) is 13.6 Å². The first-order valence-corrected chi connectivity index (χ1v) is 8.32. The summed E-state index contributed by atoms with van der Waals surface area (Å²) in [5.74, 6) is 1.12. The Morgan fingerprint density at radius 2 is 1.95 bits per heavy atom. The highest BCUT2D eigenvalue weighted by Gasteiger charge is 2.21. The van der Waals surface area contributed by atoms with E-state index < -0.39 is 10.0 Å². The third-order valence-electron chi connectivity index (χ3n) is 3.80. The Hall–Kier alpha value is -1.40. The molecule has 1 amide bonds. The molecule has 20 heavy (non-hydrogen) atoms. The highest BCUT2D eigenvalue weighted by atomic mass is 32.2.